The van der Waals surface area contributed by atoms with Gasteiger partial charge in [-0.05, 0) is 74.7 Å². The minimum Gasteiger partial charge on any atom is -0.302 e. The van der Waals surface area contributed by atoms with Gasteiger partial charge in [0.15, 0.2) is 0 Å². The van der Waals surface area contributed by atoms with E-state index in [-0.39, 0.29) is 4.90 Å². The molecule has 0 aromatic heterocycles. The van der Waals surface area contributed by atoms with Crippen LogP contribution in [-0.2, 0) is 10.0 Å². The number of sulfonamides is 1. The van der Waals surface area contributed by atoms with Gasteiger partial charge in [0, 0.05) is 28.4 Å². The summed E-state index contributed by atoms with van der Waals surface area (Å²) in [5, 5.41) is 1.92. The van der Waals surface area contributed by atoms with Crippen molar-refractivity contribution in [1.29, 1.82) is 0 Å². The quantitative estimate of drug-likeness (QED) is 0.475. The van der Waals surface area contributed by atoms with Gasteiger partial charge in [-0.15, -0.1) is 0 Å². The third kappa shape index (κ3) is 5.75. The topological polar surface area (TPSA) is 40.6 Å². The second-order valence-electron chi connectivity index (χ2n) is 6.93. The molecule has 1 unspecified atom stereocenters. The van der Waals surface area contributed by atoms with Crippen LogP contribution in [0.1, 0.15) is 12.8 Å². The Balaban J connectivity index is 1.84. The Bertz CT molecular complexity index is 939. The zero-order chi connectivity index (χ0) is 21.0. The van der Waals surface area contributed by atoms with Gasteiger partial charge in [-0.25, -0.2) is 8.42 Å². The summed E-state index contributed by atoms with van der Waals surface area (Å²) in [4.78, 5) is 2.55. The number of benzene rings is 2. The molecule has 1 heterocycles. The van der Waals surface area contributed by atoms with Gasteiger partial charge in [0.25, 0.3) is 10.0 Å². The number of hydrogen-bond donors (Lipinski definition) is 0. The van der Waals surface area contributed by atoms with Crippen molar-refractivity contribution in [3.8, 4) is 0 Å². The lowest BCUT2D eigenvalue weighted by Gasteiger charge is -2.27. The lowest BCUT2D eigenvalue weighted by molar-refractivity contribution is 0.337. The maximum Gasteiger partial charge on any atom is 0.264 e. The van der Waals surface area contributed by atoms with E-state index in [1.807, 2.05) is 11.8 Å². The largest absolute Gasteiger partial charge is 0.302 e. The van der Waals surface area contributed by atoms with Gasteiger partial charge in [-0.1, -0.05) is 34.8 Å². The molecule has 0 N–H and O–H groups in total. The fourth-order valence-corrected chi connectivity index (χ4v) is 6.19. The Kier molecular flexibility index (Phi) is 8.04. The molecule has 9 heteroatoms. The minimum absolute atomic E-state index is 0.168. The molecule has 0 amide bonds. The molecule has 1 atom stereocenters. The standard InChI is InChI=1S/C20H23Cl3N2O2S2/c1-28-17-9-12-24(14-17)10-2-11-25(20-13-16(22)5-8-19(20)23)29(26,27)18-6-3-15(21)4-7-18/h3-8,13,17H,2,9-12,14H2,1H3. The molecule has 1 aliphatic rings. The van der Waals surface area contributed by atoms with Crippen LogP contribution in [0.3, 0.4) is 0 Å². The molecule has 1 fully saturated rings. The number of rotatable bonds is 8. The third-order valence-electron chi connectivity index (χ3n) is 4.98. The molecule has 158 valence electrons. The number of anilines is 1. The molecule has 3 rings (SSSR count). The van der Waals surface area contributed by atoms with Gasteiger partial charge < -0.3 is 4.90 Å². The summed E-state index contributed by atoms with van der Waals surface area (Å²) in [6, 6.07) is 11.0. The number of halogens is 3. The second kappa shape index (κ2) is 10.1. The van der Waals surface area contributed by atoms with Crippen LogP contribution in [0, 0.1) is 0 Å². The SMILES string of the molecule is CSC1CCN(CCCN(c2cc(Cl)ccc2Cl)S(=O)(=O)c2ccc(Cl)cc2)C1. The van der Waals surface area contributed by atoms with Crippen LogP contribution in [0.2, 0.25) is 15.1 Å². The highest BCUT2D eigenvalue weighted by Gasteiger charge is 2.27. The van der Waals surface area contributed by atoms with Crippen molar-refractivity contribution in [2.45, 2.75) is 23.0 Å². The summed E-state index contributed by atoms with van der Waals surface area (Å²) in [5.74, 6) is 0. The predicted molar refractivity (Wildman–Crippen MR) is 125 cm³/mol. The van der Waals surface area contributed by atoms with Crippen molar-refractivity contribution in [3.63, 3.8) is 0 Å². The Morgan fingerprint density at radius 2 is 1.79 bits per heavy atom. The van der Waals surface area contributed by atoms with Gasteiger partial charge in [0.05, 0.1) is 15.6 Å². The molecule has 4 nitrogen and oxygen atoms in total. The first-order valence-electron chi connectivity index (χ1n) is 9.30. The Labute approximate surface area is 192 Å². The maximum absolute atomic E-state index is 13.4. The average molecular weight is 494 g/mol. The summed E-state index contributed by atoms with van der Waals surface area (Å²) >= 11 is 20.3. The van der Waals surface area contributed by atoms with E-state index in [0.29, 0.717) is 39.0 Å². The number of thioether (sulfide) groups is 1. The molecule has 2 aromatic rings. The Hall–Kier alpha value is -0.630. The van der Waals surface area contributed by atoms with Gasteiger partial charge in [-0.3, -0.25) is 4.31 Å². The minimum atomic E-state index is -3.81. The van der Waals surface area contributed by atoms with Crippen LogP contribution in [0.4, 0.5) is 5.69 Å². The Morgan fingerprint density at radius 3 is 2.45 bits per heavy atom. The first-order chi connectivity index (χ1) is 13.8. The number of nitrogens with zero attached hydrogens (tertiary/aromatic N) is 2. The number of hydrogen-bond acceptors (Lipinski definition) is 4. The first-order valence-corrected chi connectivity index (χ1v) is 13.2. The predicted octanol–water partition coefficient (Wildman–Crippen LogP) is 5.67. The lowest BCUT2D eigenvalue weighted by atomic mass is 10.3. The van der Waals surface area contributed by atoms with Crippen LogP contribution in [0.25, 0.3) is 0 Å². The van der Waals surface area contributed by atoms with Crippen molar-refractivity contribution in [2.75, 3.05) is 36.7 Å². The normalized spacial score (nSPS) is 17.6. The van der Waals surface area contributed by atoms with Crippen LogP contribution < -0.4 is 4.31 Å². The van der Waals surface area contributed by atoms with E-state index in [9.17, 15) is 8.42 Å². The van der Waals surface area contributed by atoms with Crippen molar-refractivity contribution in [1.82, 2.24) is 4.90 Å². The lowest BCUT2D eigenvalue weighted by Crippen LogP contribution is -2.34. The van der Waals surface area contributed by atoms with E-state index in [4.69, 9.17) is 34.8 Å². The van der Waals surface area contributed by atoms with E-state index < -0.39 is 10.0 Å². The van der Waals surface area contributed by atoms with Crippen molar-refractivity contribution < 1.29 is 8.42 Å². The van der Waals surface area contributed by atoms with E-state index >= 15 is 0 Å². The monoisotopic (exact) mass is 492 g/mol. The van der Waals surface area contributed by atoms with E-state index in [1.165, 1.54) is 22.9 Å². The fraction of sp³-hybridized carbons (Fsp3) is 0.400. The smallest absolute Gasteiger partial charge is 0.264 e. The van der Waals surface area contributed by atoms with Crippen LogP contribution >= 0.6 is 46.6 Å². The van der Waals surface area contributed by atoms with E-state index in [1.54, 1.807) is 30.3 Å². The van der Waals surface area contributed by atoms with E-state index in [0.717, 1.165) is 19.6 Å². The number of likely N-dealkylation sites (tertiary alicyclic amines) is 1. The Morgan fingerprint density at radius 1 is 1.10 bits per heavy atom. The molecule has 0 saturated carbocycles. The maximum atomic E-state index is 13.4. The molecular formula is C20H23Cl3N2O2S2. The van der Waals surface area contributed by atoms with Crippen LogP contribution in [0.15, 0.2) is 47.4 Å². The van der Waals surface area contributed by atoms with Crippen LogP contribution in [-0.4, -0.2) is 51.0 Å². The van der Waals surface area contributed by atoms with Gasteiger partial charge in [-0.2, -0.15) is 11.8 Å². The highest BCUT2D eigenvalue weighted by atomic mass is 35.5. The molecule has 0 radical (unpaired) electrons. The molecule has 29 heavy (non-hydrogen) atoms. The highest BCUT2D eigenvalue weighted by Crippen LogP contribution is 2.33. The molecule has 0 bridgehead atoms. The average Bonchev–Trinajstić information content (AvgIpc) is 3.15. The molecule has 0 spiro atoms. The summed E-state index contributed by atoms with van der Waals surface area (Å²) in [6.45, 7) is 3.24. The molecule has 1 saturated heterocycles. The summed E-state index contributed by atoms with van der Waals surface area (Å²) in [5.41, 5.74) is 0.387. The fourth-order valence-electron chi connectivity index (χ4n) is 3.41. The zero-order valence-corrected chi connectivity index (χ0v) is 19.9. The zero-order valence-electron chi connectivity index (χ0n) is 16.0. The summed E-state index contributed by atoms with van der Waals surface area (Å²) < 4.78 is 28.1. The third-order valence-corrected chi connectivity index (χ3v) is 8.66. The highest BCUT2D eigenvalue weighted by molar-refractivity contribution is 7.99. The van der Waals surface area contributed by atoms with Crippen molar-refractivity contribution >= 4 is 62.3 Å². The van der Waals surface area contributed by atoms with Crippen LogP contribution in [0.5, 0.6) is 0 Å². The van der Waals surface area contributed by atoms with Crippen molar-refractivity contribution in [2.24, 2.45) is 0 Å². The van der Waals surface area contributed by atoms with Gasteiger partial charge in [0.2, 0.25) is 0 Å². The molecular weight excluding hydrogens is 471 g/mol. The molecule has 2 aromatic carbocycles. The second-order valence-corrected chi connectivity index (χ2v) is 11.2. The summed E-state index contributed by atoms with van der Waals surface area (Å²) in [6.07, 6.45) is 4.00. The first kappa shape index (κ1) is 23.0. The van der Waals surface area contributed by atoms with Crippen molar-refractivity contribution in [3.05, 3.63) is 57.5 Å². The van der Waals surface area contributed by atoms with E-state index in [2.05, 4.69) is 11.2 Å². The molecule has 1 aliphatic heterocycles. The van der Waals surface area contributed by atoms with Gasteiger partial charge >= 0.3 is 0 Å². The molecule has 0 aliphatic carbocycles. The summed E-state index contributed by atoms with van der Waals surface area (Å²) in [7, 11) is -3.81. The van der Waals surface area contributed by atoms with Gasteiger partial charge in [0.1, 0.15) is 0 Å².